The number of rotatable bonds is 5. The number of carbonyl (C=O) groups excluding carboxylic acids is 1. The lowest BCUT2D eigenvalue weighted by Crippen LogP contribution is -2.48. The summed E-state index contributed by atoms with van der Waals surface area (Å²) >= 11 is 0. The topological polar surface area (TPSA) is 51.2 Å². The van der Waals surface area contributed by atoms with E-state index in [1.807, 2.05) is 24.5 Å². The van der Waals surface area contributed by atoms with Crippen LogP contribution in [0.2, 0.25) is 0 Å². The van der Waals surface area contributed by atoms with Crippen LogP contribution in [0, 0.1) is 5.41 Å². The molecule has 4 heteroatoms. The summed E-state index contributed by atoms with van der Waals surface area (Å²) in [5.41, 5.74) is 3.20. The highest BCUT2D eigenvalue weighted by Gasteiger charge is 2.41. The van der Waals surface area contributed by atoms with Gasteiger partial charge in [0, 0.05) is 31.6 Å². The van der Waals surface area contributed by atoms with Gasteiger partial charge in [0.05, 0.1) is 5.41 Å². The quantitative estimate of drug-likeness (QED) is 0.867. The van der Waals surface area contributed by atoms with Crippen LogP contribution in [0.3, 0.4) is 0 Å². The molecule has 1 saturated heterocycles. The van der Waals surface area contributed by atoms with Crippen LogP contribution in [0.1, 0.15) is 44.1 Å². The van der Waals surface area contributed by atoms with Crippen molar-refractivity contribution in [2.24, 2.45) is 5.41 Å². The summed E-state index contributed by atoms with van der Waals surface area (Å²) in [6, 6.07) is 13.0. The van der Waals surface area contributed by atoms with E-state index >= 15 is 0 Å². The van der Waals surface area contributed by atoms with Crippen molar-refractivity contribution < 1.29 is 9.53 Å². The summed E-state index contributed by atoms with van der Waals surface area (Å²) in [5, 5.41) is 3.35. The Balaban J connectivity index is 1.55. The molecule has 1 N–H and O–H groups in total. The first-order valence-electron chi connectivity index (χ1n) is 10.1. The minimum Gasteiger partial charge on any atom is -0.381 e. The maximum atomic E-state index is 13.3. The molecule has 2 aromatic rings. The Bertz CT molecular complexity index is 763. The third kappa shape index (κ3) is 4.22. The number of aromatic nitrogens is 1. The van der Waals surface area contributed by atoms with E-state index in [1.54, 1.807) is 0 Å². The number of ether oxygens (including phenoxy) is 1. The summed E-state index contributed by atoms with van der Waals surface area (Å²) < 4.78 is 5.59. The molecule has 1 aromatic heterocycles. The zero-order valence-corrected chi connectivity index (χ0v) is 15.8. The predicted molar refractivity (Wildman–Crippen MR) is 106 cm³/mol. The molecule has 0 spiro atoms. The Labute approximate surface area is 161 Å². The first-order valence-corrected chi connectivity index (χ1v) is 10.1. The van der Waals surface area contributed by atoms with Crippen molar-refractivity contribution in [1.29, 1.82) is 0 Å². The standard InChI is InChI=1S/C23H28N2O2/c26-22(25-21-6-1-2-7-21)23(10-14-27-15-11-23)17-18-4-3-5-20(16-18)19-8-12-24-13-9-19/h3-5,8-9,12-13,16,21H,1-2,6-7,10-11,14-15,17H2,(H,25,26). The molecular weight excluding hydrogens is 336 g/mol. The van der Waals surface area contributed by atoms with Crippen LogP contribution >= 0.6 is 0 Å². The molecule has 2 fully saturated rings. The lowest BCUT2D eigenvalue weighted by molar-refractivity contribution is -0.137. The van der Waals surface area contributed by atoms with Gasteiger partial charge in [0.15, 0.2) is 0 Å². The number of hydrogen-bond acceptors (Lipinski definition) is 3. The monoisotopic (exact) mass is 364 g/mol. The predicted octanol–water partition coefficient (Wildman–Crippen LogP) is 4.15. The van der Waals surface area contributed by atoms with Crippen LogP contribution in [0.15, 0.2) is 48.8 Å². The fraction of sp³-hybridized carbons (Fsp3) is 0.478. The number of hydrogen-bond donors (Lipinski definition) is 1. The molecule has 4 nitrogen and oxygen atoms in total. The van der Waals surface area contributed by atoms with Crippen molar-refractivity contribution in [3.05, 3.63) is 54.4 Å². The fourth-order valence-electron chi connectivity index (χ4n) is 4.45. The molecular formula is C23H28N2O2. The van der Waals surface area contributed by atoms with E-state index in [0.29, 0.717) is 19.3 Å². The van der Waals surface area contributed by atoms with E-state index < -0.39 is 0 Å². The maximum Gasteiger partial charge on any atom is 0.226 e. The van der Waals surface area contributed by atoms with Crippen molar-refractivity contribution >= 4 is 5.91 Å². The van der Waals surface area contributed by atoms with Crippen LogP contribution < -0.4 is 5.32 Å². The van der Waals surface area contributed by atoms with Gasteiger partial charge in [-0.2, -0.15) is 0 Å². The summed E-state index contributed by atoms with van der Waals surface area (Å²) in [6.07, 6.45) is 10.7. The van der Waals surface area contributed by atoms with Crippen LogP contribution in [0.4, 0.5) is 0 Å². The van der Waals surface area contributed by atoms with Crippen LogP contribution in [-0.4, -0.2) is 30.1 Å². The highest BCUT2D eigenvalue weighted by molar-refractivity contribution is 5.83. The third-order valence-electron chi connectivity index (χ3n) is 6.11. The molecule has 0 bridgehead atoms. The van der Waals surface area contributed by atoms with E-state index in [4.69, 9.17) is 4.74 Å². The molecule has 1 amide bonds. The Morgan fingerprint density at radius 3 is 2.56 bits per heavy atom. The lowest BCUT2D eigenvalue weighted by atomic mass is 9.74. The second kappa shape index (κ2) is 8.22. The van der Waals surface area contributed by atoms with Gasteiger partial charge in [-0.05, 0) is 60.9 Å². The molecule has 142 valence electrons. The maximum absolute atomic E-state index is 13.3. The summed E-state index contributed by atoms with van der Waals surface area (Å²) in [6.45, 7) is 1.34. The Kier molecular flexibility index (Phi) is 5.53. The van der Waals surface area contributed by atoms with Gasteiger partial charge >= 0.3 is 0 Å². The zero-order valence-electron chi connectivity index (χ0n) is 15.8. The van der Waals surface area contributed by atoms with Crippen molar-refractivity contribution in [2.45, 2.75) is 51.0 Å². The molecule has 1 aliphatic carbocycles. The van der Waals surface area contributed by atoms with Crippen molar-refractivity contribution in [1.82, 2.24) is 10.3 Å². The Morgan fingerprint density at radius 2 is 1.81 bits per heavy atom. The molecule has 27 heavy (non-hydrogen) atoms. The van der Waals surface area contributed by atoms with Gasteiger partial charge in [0.1, 0.15) is 0 Å². The summed E-state index contributed by atoms with van der Waals surface area (Å²) in [4.78, 5) is 17.4. The van der Waals surface area contributed by atoms with Gasteiger partial charge in [-0.3, -0.25) is 9.78 Å². The molecule has 0 atom stereocenters. The second-order valence-corrected chi connectivity index (χ2v) is 7.96. The van der Waals surface area contributed by atoms with Crippen molar-refractivity contribution in [3.8, 4) is 11.1 Å². The molecule has 1 aliphatic heterocycles. The van der Waals surface area contributed by atoms with Crippen molar-refractivity contribution in [3.63, 3.8) is 0 Å². The Morgan fingerprint density at radius 1 is 1.07 bits per heavy atom. The van der Waals surface area contributed by atoms with Gasteiger partial charge < -0.3 is 10.1 Å². The van der Waals surface area contributed by atoms with Gasteiger partial charge in [-0.15, -0.1) is 0 Å². The number of pyridine rings is 1. The number of benzene rings is 1. The van der Waals surface area contributed by atoms with Crippen molar-refractivity contribution in [2.75, 3.05) is 13.2 Å². The average molecular weight is 364 g/mol. The summed E-state index contributed by atoms with van der Waals surface area (Å²) in [5.74, 6) is 0.229. The smallest absolute Gasteiger partial charge is 0.226 e. The Hall–Kier alpha value is -2.20. The highest BCUT2D eigenvalue weighted by Crippen LogP contribution is 2.36. The van der Waals surface area contributed by atoms with E-state index in [1.165, 1.54) is 24.0 Å². The first-order chi connectivity index (χ1) is 13.3. The highest BCUT2D eigenvalue weighted by atomic mass is 16.5. The summed E-state index contributed by atoms with van der Waals surface area (Å²) in [7, 11) is 0. The van der Waals surface area contributed by atoms with E-state index in [2.05, 4.69) is 34.6 Å². The molecule has 4 rings (SSSR count). The van der Waals surface area contributed by atoms with Crippen LogP contribution in [0.25, 0.3) is 11.1 Å². The fourth-order valence-corrected chi connectivity index (χ4v) is 4.45. The molecule has 2 aliphatic rings. The minimum atomic E-state index is -0.349. The molecule has 0 unspecified atom stereocenters. The van der Waals surface area contributed by atoms with Gasteiger partial charge in [0.2, 0.25) is 5.91 Å². The normalized spacial score (nSPS) is 19.7. The number of amides is 1. The third-order valence-corrected chi connectivity index (χ3v) is 6.11. The van der Waals surface area contributed by atoms with Gasteiger partial charge in [-0.25, -0.2) is 0 Å². The minimum absolute atomic E-state index is 0.229. The zero-order chi connectivity index (χ0) is 18.5. The molecule has 1 saturated carbocycles. The number of nitrogens with zero attached hydrogens (tertiary/aromatic N) is 1. The largest absolute Gasteiger partial charge is 0.381 e. The van der Waals surface area contributed by atoms with E-state index in [-0.39, 0.29) is 11.3 Å². The SMILES string of the molecule is O=C(NC1CCCC1)C1(Cc2cccc(-c3ccncc3)c2)CCOCC1. The van der Waals surface area contributed by atoms with Gasteiger partial charge in [-0.1, -0.05) is 37.1 Å². The number of nitrogens with one attached hydrogen (secondary N) is 1. The average Bonchev–Trinajstić information content (AvgIpc) is 3.23. The molecule has 2 heterocycles. The van der Waals surface area contributed by atoms with Crippen LogP contribution in [0.5, 0.6) is 0 Å². The van der Waals surface area contributed by atoms with E-state index in [0.717, 1.165) is 37.7 Å². The van der Waals surface area contributed by atoms with E-state index in [9.17, 15) is 4.79 Å². The molecule has 1 aromatic carbocycles. The number of carbonyl (C=O) groups is 1. The first kappa shape index (κ1) is 18.2. The lowest BCUT2D eigenvalue weighted by Gasteiger charge is -2.37. The van der Waals surface area contributed by atoms with Gasteiger partial charge in [0.25, 0.3) is 0 Å². The molecule has 0 radical (unpaired) electrons. The second-order valence-electron chi connectivity index (χ2n) is 7.96. The van der Waals surface area contributed by atoms with Crippen LogP contribution in [-0.2, 0) is 16.0 Å².